The van der Waals surface area contributed by atoms with Crippen LogP contribution in [0.2, 0.25) is 0 Å². The molecule has 0 saturated carbocycles. The average molecular weight is 560 g/mol. The number of anilines is 1. The van der Waals surface area contributed by atoms with Crippen LogP contribution in [0.15, 0.2) is 84.0 Å². The Bertz CT molecular complexity index is 1350. The number of aliphatic imine (C=N–C) groups is 1. The van der Waals surface area contributed by atoms with E-state index in [1.54, 1.807) is 80.6 Å². The summed E-state index contributed by atoms with van der Waals surface area (Å²) in [6, 6.07) is 20.7. The Morgan fingerprint density at radius 2 is 1.41 bits per heavy atom. The van der Waals surface area contributed by atoms with Gasteiger partial charge in [-0.1, -0.05) is 54.6 Å². The number of ether oxygens (including phenoxy) is 2. The first-order valence-electron chi connectivity index (χ1n) is 13.3. The highest BCUT2D eigenvalue weighted by Gasteiger charge is 2.40. The second-order valence-corrected chi connectivity index (χ2v) is 8.99. The van der Waals surface area contributed by atoms with Crippen molar-refractivity contribution in [3.05, 3.63) is 95.8 Å². The molecule has 0 spiro atoms. The summed E-state index contributed by atoms with van der Waals surface area (Å²) < 4.78 is 10.1. The van der Waals surface area contributed by atoms with Gasteiger partial charge in [0.25, 0.3) is 5.91 Å². The van der Waals surface area contributed by atoms with Crippen LogP contribution in [0.5, 0.6) is 0 Å². The number of nitrogens with one attached hydrogen (secondary N) is 1. The van der Waals surface area contributed by atoms with Gasteiger partial charge in [-0.3, -0.25) is 24.4 Å². The maximum atomic E-state index is 13.0. The van der Waals surface area contributed by atoms with Gasteiger partial charge < -0.3 is 19.9 Å². The average Bonchev–Trinajstić information content (AvgIpc) is 2.98. The first-order chi connectivity index (χ1) is 19.8. The third-order valence-corrected chi connectivity index (χ3v) is 6.20. The van der Waals surface area contributed by atoms with Gasteiger partial charge >= 0.3 is 17.9 Å². The number of nitrogens with zero attached hydrogens (tertiary/aromatic N) is 2. The van der Waals surface area contributed by atoms with E-state index in [1.165, 1.54) is 6.20 Å². The zero-order valence-corrected chi connectivity index (χ0v) is 23.0. The summed E-state index contributed by atoms with van der Waals surface area (Å²) in [6.07, 6.45) is 0.601. The maximum absolute atomic E-state index is 13.0. The minimum Gasteiger partial charge on any atom is -0.479 e. The van der Waals surface area contributed by atoms with Gasteiger partial charge in [0.1, 0.15) is 5.69 Å². The van der Waals surface area contributed by atoms with E-state index in [-0.39, 0.29) is 50.3 Å². The smallest absolute Gasteiger partial charge is 0.331 e. The van der Waals surface area contributed by atoms with E-state index >= 15 is 0 Å². The summed E-state index contributed by atoms with van der Waals surface area (Å²) in [7, 11) is 0. The number of aromatic nitrogens is 1. The zero-order valence-electron chi connectivity index (χ0n) is 23.0. The molecule has 214 valence electrons. The van der Waals surface area contributed by atoms with Crippen molar-refractivity contribution in [3.8, 4) is 0 Å². The van der Waals surface area contributed by atoms with Gasteiger partial charge in [0.15, 0.2) is 5.54 Å². The highest BCUT2D eigenvalue weighted by molar-refractivity contribution is 6.18. The van der Waals surface area contributed by atoms with Crippen LogP contribution in [0, 0.1) is 0 Å². The van der Waals surface area contributed by atoms with Crippen molar-refractivity contribution in [1.82, 2.24) is 4.98 Å². The van der Waals surface area contributed by atoms with E-state index in [0.29, 0.717) is 16.8 Å². The summed E-state index contributed by atoms with van der Waals surface area (Å²) in [5.41, 5.74) is -0.0310. The molecule has 0 aliphatic heterocycles. The first-order valence-corrected chi connectivity index (χ1v) is 13.3. The maximum Gasteiger partial charge on any atom is 0.331 e. The molecular formula is C31H33N3O7. The van der Waals surface area contributed by atoms with Gasteiger partial charge in [-0.2, -0.15) is 0 Å². The van der Waals surface area contributed by atoms with E-state index in [2.05, 4.69) is 10.3 Å². The molecule has 41 heavy (non-hydrogen) atoms. The van der Waals surface area contributed by atoms with Gasteiger partial charge in [0.2, 0.25) is 0 Å². The molecular weight excluding hydrogens is 526 g/mol. The molecule has 0 unspecified atom stereocenters. The predicted molar refractivity (Wildman–Crippen MR) is 153 cm³/mol. The Labute approximate surface area is 238 Å². The number of amides is 1. The number of hydrogen-bond donors (Lipinski definition) is 2. The lowest BCUT2D eigenvalue weighted by Gasteiger charge is -2.27. The van der Waals surface area contributed by atoms with E-state index in [0.717, 1.165) is 0 Å². The van der Waals surface area contributed by atoms with Crippen LogP contribution in [-0.4, -0.2) is 58.4 Å². The second-order valence-electron chi connectivity index (χ2n) is 8.99. The minimum absolute atomic E-state index is 0.142. The number of carboxylic acid groups (broad SMARTS) is 1. The SMILES string of the molecule is CCOC(=O)CCC(CCC(=O)OCC)(N=C(c1ccccc1)c1ccccc1NC(=O)c1ccccn1)C(=O)O. The van der Waals surface area contributed by atoms with E-state index in [4.69, 9.17) is 14.5 Å². The Morgan fingerprint density at radius 1 is 0.829 bits per heavy atom. The van der Waals surface area contributed by atoms with Gasteiger partial charge in [0, 0.05) is 30.2 Å². The Hall–Kier alpha value is -4.86. The molecule has 0 atom stereocenters. The number of aliphatic carboxylic acids is 1. The molecule has 2 N–H and O–H groups in total. The molecule has 0 saturated heterocycles. The third-order valence-electron chi connectivity index (χ3n) is 6.20. The van der Waals surface area contributed by atoms with Crippen LogP contribution in [0.4, 0.5) is 5.69 Å². The molecule has 10 heteroatoms. The van der Waals surface area contributed by atoms with Crippen LogP contribution >= 0.6 is 0 Å². The quantitative estimate of drug-likeness (QED) is 0.214. The molecule has 3 rings (SSSR count). The number of pyridine rings is 1. The molecule has 2 aromatic carbocycles. The number of benzene rings is 2. The first kappa shape index (κ1) is 30.7. The van der Waals surface area contributed by atoms with Crippen LogP contribution in [0.25, 0.3) is 0 Å². The van der Waals surface area contributed by atoms with Gasteiger partial charge in [-0.05, 0) is 44.9 Å². The lowest BCUT2D eigenvalue weighted by Crippen LogP contribution is -2.39. The van der Waals surface area contributed by atoms with E-state index in [1.807, 2.05) is 6.07 Å². The number of para-hydroxylation sites is 1. The highest BCUT2D eigenvalue weighted by atomic mass is 16.5. The number of rotatable bonds is 14. The lowest BCUT2D eigenvalue weighted by molar-refractivity contribution is -0.147. The summed E-state index contributed by atoms with van der Waals surface area (Å²) in [5, 5.41) is 13.4. The van der Waals surface area contributed by atoms with Crippen molar-refractivity contribution in [1.29, 1.82) is 0 Å². The Morgan fingerprint density at radius 3 is 1.98 bits per heavy atom. The highest BCUT2D eigenvalue weighted by Crippen LogP contribution is 2.30. The Kier molecular flexibility index (Phi) is 11.3. The van der Waals surface area contributed by atoms with Crippen molar-refractivity contribution in [2.75, 3.05) is 18.5 Å². The van der Waals surface area contributed by atoms with Crippen molar-refractivity contribution in [2.24, 2.45) is 4.99 Å². The number of carbonyl (C=O) groups is 4. The van der Waals surface area contributed by atoms with Crippen molar-refractivity contribution < 1.29 is 33.8 Å². The summed E-state index contributed by atoms with van der Waals surface area (Å²) in [5.74, 6) is -2.92. The molecule has 0 aliphatic carbocycles. The van der Waals surface area contributed by atoms with Crippen molar-refractivity contribution in [3.63, 3.8) is 0 Å². The van der Waals surface area contributed by atoms with E-state index < -0.39 is 29.4 Å². The van der Waals surface area contributed by atoms with Crippen LogP contribution in [0.3, 0.4) is 0 Å². The molecule has 0 fully saturated rings. The summed E-state index contributed by atoms with van der Waals surface area (Å²) >= 11 is 0. The fraction of sp³-hybridized carbons (Fsp3) is 0.290. The van der Waals surface area contributed by atoms with Gasteiger partial charge in [-0.25, -0.2) is 4.79 Å². The molecule has 0 aliphatic rings. The van der Waals surface area contributed by atoms with Gasteiger partial charge in [-0.15, -0.1) is 0 Å². The number of esters is 2. The minimum atomic E-state index is -1.89. The molecule has 1 heterocycles. The van der Waals surface area contributed by atoms with Crippen molar-refractivity contribution >= 4 is 35.2 Å². The Balaban J connectivity index is 2.16. The second kappa shape index (κ2) is 15.1. The fourth-order valence-electron chi connectivity index (χ4n) is 4.15. The van der Waals surface area contributed by atoms with Crippen LogP contribution < -0.4 is 5.32 Å². The molecule has 0 radical (unpaired) electrons. The third kappa shape index (κ3) is 8.56. The molecule has 3 aromatic rings. The topological polar surface area (TPSA) is 144 Å². The number of carboxylic acids is 1. The fourth-order valence-corrected chi connectivity index (χ4v) is 4.15. The largest absolute Gasteiger partial charge is 0.479 e. The zero-order chi connectivity index (χ0) is 29.7. The van der Waals surface area contributed by atoms with E-state index in [9.17, 15) is 24.3 Å². The predicted octanol–water partition coefficient (Wildman–Crippen LogP) is 4.68. The van der Waals surface area contributed by atoms with Crippen LogP contribution in [0.1, 0.15) is 61.1 Å². The standard InChI is InChI=1S/C31H33N3O7/c1-3-40-26(35)17-19-31(30(38)39,20-18-27(36)41-4-2)34-28(22-12-6-5-7-13-22)23-14-8-9-15-24(23)33-29(37)25-16-10-11-21-32-25/h5-16,21H,3-4,17-20H2,1-2H3,(H,33,37)(H,38,39). The summed E-state index contributed by atoms with van der Waals surface area (Å²) in [4.78, 5) is 59.3. The summed E-state index contributed by atoms with van der Waals surface area (Å²) in [6.45, 7) is 3.60. The lowest BCUT2D eigenvalue weighted by atomic mass is 9.87. The van der Waals surface area contributed by atoms with Crippen molar-refractivity contribution in [2.45, 2.75) is 45.1 Å². The van der Waals surface area contributed by atoms with Gasteiger partial charge in [0.05, 0.1) is 24.6 Å². The molecule has 10 nitrogen and oxygen atoms in total. The number of hydrogen-bond acceptors (Lipinski definition) is 8. The molecule has 0 bridgehead atoms. The number of carbonyl (C=O) groups excluding carboxylic acids is 3. The molecule has 1 amide bonds. The molecule has 1 aromatic heterocycles. The normalized spacial score (nSPS) is 11.4. The van der Waals surface area contributed by atoms with Crippen LogP contribution in [-0.2, 0) is 23.9 Å². The monoisotopic (exact) mass is 559 g/mol.